The Morgan fingerprint density at radius 2 is 0.932 bits per heavy atom. The van der Waals surface area contributed by atoms with Gasteiger partial charge in [-0.25, -0.2) is 4.98 Å². The van der Waals surface area contributed by atoms with Gasteiger partial charge in [-0.1, -0.05) is 103 Å². The Labute approximate surface area is 254 Å². The summed E-state index contributed by atoms with van der Waals surface area (Å²) in [7, 11) is 0. The molecule has 0 spiro atoms. The number of para-hydroxylation sites is 1. The van der Waals surface area contributed by atoms with E-state index in [-0.39, 0.29) is 0 Å². The van der Waals surface area contributed by atoms with Crippen molar-refractivity contribution in [3.05, 3.63) is 158 Å². The van der Waals surface area contributed by atoms with Crippen LogP contribution in [-0.2, 0) is 0 Å². The highest BCUT2D eigenvalue weighted by Gasteiger charge is 2.20. The second-order valence-electron chi connectivity index (χ2n) is 11.1. The van der Waals surface area contributed by atoms with Crippen LogP contribution in [0, 0.1) is 0 Å². The van der Waals surface area contributed by atoms with Gasteiger partial charge in [-0.05, 0) is 70.8 Å². The lowest BCUT2D eigenvalue weighted by atomic mass is 10.1. The van der Waals surface area contributed by atoms with Gasteiger partial charge >= 0.3 is 0 Å². The molecule has 0 N–H and O–H groups in total. The maximum atomic E-state index is 5.50. The highest BCUT2D eigenvalue weighted by Crippen LogP contribution is 2.38. The number of rotatable bonds is 4. The van der Waals surface area contributed by atoms with E-state index in [1.165, 1.54) is 22.1 Å². The lowest BCUT2D eigenvalue weighted by Gasteiger charge is -2.11. The lowest BCUT2D eigenvalue weighted by molar-refractivity contribution is 1.11. The Kier molecular flexibility index (Phi) is 5.47. The summed E-state index contributed by atoms with van der Waals surface area (Å²) in [6, 6.07) is 53.5. The summed E-state index contributed by atoms with van der Waals surface area (Å²) in [6.07, 6.45) is 1.87. The van der Waals surface area contributed by atoms with Gasteiger partial charge in [0.15, 0.2) is 0 Å². The average molecular weight is 563 g/mol. The zero-order valence-corrected chi connectivity index (χ0v) is 23.8. The predicted molar refractivity (Wildman–Crippen MR) is 182 cm³/mol. The largest absolute Gasteiger partial charge is 0.294 e. The molecule has 4 heteroatoms. The molecule has 0 fully saturated rings. The van der Waals surface area contributed by atoms with Crippen molar-refractivity contribution in [2.75, 3.05) is 0 Å². The molecule has 206 valence electrons. The first-order valence-electron chi connectivity index (χ1n) is 14.8. The molecule has 0 bridgehead atoms. The zero-order chi connectivity index (χ0) is 29.0. The Balaban J connectivity index is 1.35. The van der Waals surface area contributed by atoms with Crippen molar-refractivity contribution in [3.8, 4) is 33.6 Å². The van der Waals surface area contributed by atoms with E-state index >= 15 is 0 Å². The lowest BCUT2D eigenvalue weighted by Crippen LogP contribution is -1.99. The maximum absolute atomic E-state index is 5.50. The summed E-state index contributed by atoms with van der Waals surface area (Å²) in [5.41, 5.74) is 11.8. The van der Waals surface area contributed by atoms with Gasteiger partial charge in [-0.3, -0.25) is 14.1 Å². The van der Waals surface area contributed by atoms with E-state index < -0.39 is 0 Å². The van der Waals surface area contributed by atoms with E-state index in [9.17, 15) is 0 Å². The first-order valence-corrected chi connectivity index (χ1v) is 14.8. The number of nitrogens with zero attached hydrogens (tertiary/aromatic N) is 4. The highest BCUT2D eigenvalue weighted by molar-refractivity contribution is 6.15. The van der Waals surface area contributed by atoms with Crippen molar-refractivity contribution in [2.45, 2.75) is 0 Å². The number of aromatic nitrogens is 4. The van der Waals surface area contributed by atoms with Crippen molar-refractivity contribution in [1.29, 1.82) is 0 Å². The molecule has 4 nitrogen and oxygen atoms in total. The van der Waals surface area contributed by atoms with Crippen molar-refractivity contribution in [2.24, 2.45) is 0 Å². The van der Waals surface area contributed by atoms with Crippen LogP contribution in [0.5, 0.6) is 0 Å². The van der Waals surface area contributed by atoms with Gasteiger partial charge in [0.2, 0.25) is 0 Å². The third-order valence-corrected chi connectivity index (χ3v) is 8.55. The molecule has 0 aliphatic rings. The van der Waals surface area contributed by atoms with E-state index in [4.69, 9.17) is 9.97 Å². The number of hydrogen-bond acceptors (Lipinski definition) is 2. The first-order chi connectivity index (χ1) is 21.8. The summed E-state index contributed by atoms with van der Waals surface area (Å²) in [6.45, 7) is 0. The molecule has 9 aromatic rings. The molecule has 5 aromatic carbocycles. The van der Waals surface area contributed by atoms with Crippen LogP contribution in [0.25, 0.3) is 77.6 Å². The predicted octanol–water partition coefficient (Wildman–Crippen LogP) is 10.0. The van der Waals surface area contributed by atoms with Crippen LogP contribution >= 0.6 is 0 Å². The molecule has 0 radical (unpaired) electrons. The SMILES string of the molecule is c1ccc(-c2cccc(-n3c4ccccc4c4cc5c6ncccc6n(-c6cccc(-c7ccccc7)c6)c5nc43)c2)cc1. The molecular formula is C40H26N4. The van der Waals surface area contributed by atoms with Crippen molar-refractivity contribution >= 4 is 44.0 Å². The van der Waals surface area contributed by atoms with E-state index in [1.807, 2.05) is 12.3 Å². The van der Waals surface area contributed by atoms with Gasteiger partial charge in [0.25, 0.3) is 0 Å². The van der Waals surface area contributed by atoms with Crippen LogP contribution in [0.1, 0.15) is 0 Å². The summed E-state index contributed by atoms with van der Waals surface area (Å²) >= 11 is 0. The molecule has 0 amide bonds. The highest BCUT2D eigenvalue weighted by atomic mass is 15.1. The van der Waals surface area contributed by atoms with E-state index in [2.05, 4.69) is 155 Å². The van der Waals surface area contributed by atoms with Crippen LogP contribution in [0.4, 0.5) is 0 Å². The monoisotopic (exact) mass is 562 g/mol. The fraction of sp³-hybridized carbons (Fsp3) is 0. The molecule has 0 saturated carbocycles. The summed E-state index contributed by atoms with van der Waals surface area (Å²) < 4.78 is 4.55. The van der Waals surface area contributed by atoms with Gasteiger partial charge in [0.1, 0.15) is 11.3 Å². The standard InChI is InChI=1S/C40H26N4/c1-3-12-27(13-4-1)29-16-9-18-31(24-29)43-36-21-8-7-20-33(36)34-26-35-38-37(22-11-23-41-38)44(40(35)42-39(34)43)32-19-10-17-30(25-32)28-14-5-2-6-15-28/h1-26H. The second kappa shape index (κ2) is 9.79. The molecule has 0 unspecified atom stereocenters. The van der Waals surface area contributed by atoms with E-state index in [1.54, 1.807) is 0 Å². The topological polar surface area (TPSA) is 35.6 Å². The fourth-order valence-electron chi connectivity index (χ4n) is 6.55. The zero-order valence-electron chi connectivity index (χ0n) is 23.8. The minimum Gasteiger partial charge on any atom is -0.294 e. The first kappa shape index (κ1) is 24.6. The molecule has 0 aliphatic carbocycles. The van der Waals surface area contributed by atoms with Crippen LogP contribution in [0.15, 0.2) is 158 Å². The third kappa shape index (κ3) is 3.78. The summed E-state index contributed by atoms with van der Waals surface area (Å²) in [5.74, 6) is 0. The van der Waals surface area contributed by atoms with Gasteiger partial charge in [-0.2, -0.15) is 0 Å². The van der Waals surface area contributed by atoms with Crippen molar-refractivity contribution in [1.82, 2.24) is 19.1 Å². The Bertz CT molecular complexity index is 2320. The van der Waals surface area contributed by atoms with E-state index in [0.29, 0.717) is 0 Å². The Hall–Kier alpha value is -6.00. The Morgan fingerprint density at radius 3 is 1.61 bits per heavy atom. The van der Waals surface area contributed by atoms with Crippen molar-refractivity contribution in [3.63, 3.8) is 0 Å². The molecular weight excluding hydrogens is 536 g/mol. The van der Waals surface area contributed by atoms with Crippen LogP contribution in [-0.4, -0.2) is 19.1 Å². The minimum atomic E-state index is 0.889. The molecule has 4 heterocycles. The molecule has 4 aromatic heterocycles. The summed E-state index contributed by atoms with van der Waals surface area (Å²) in [4.78, 5) is 10.4. The number of hydrogen-bond donors (Lipinski definition) is 0. The number of benzene rings is 5. The molecule has 0 saturated heterocycles. The number of fused-ring (bicyclic) bond motifs is 6. The molecule has 0 atom stereocenters. The summed E-state index contributed by atoms with van der Waals surface area (Å²) in [5, 5.41) is 3.32. The molecule has 9 rings (SSSR count). The Morgan fingerprint density at radius 1 is 0.386 bits per heavy atom. The van der Waals surface area contributed by atoms with E-state index in [0.717, 1.165) is 55.6 Å². The van der Waals surface area contributed by atoms with Gasteiger partial charge in [0.05, 0.1) is 16.6 Å². The fourth-order valence-corrected chi connectivity index (χ4v) is 6.55. The van der Waals surface area contributed by atoms with Gasteiger partial charge in [-0.15, -0.1) is 0 Å². The second-order valence-corrected chi connectivity index (χ2v) is 11.1. The number of pyridine rings is 2. The molecule has 44 heavy (non-hydrogen) atoms. The quantitative estimate of drug-likeness (QED) is 0.214. The maximum Gasteiger partial charge on any atom is 0.149 e. The normalized spacial score (nSPS) is 11.6. The van der Waals surface area contributed by atoms with Gasteiger partial charge < -0.3 is 0 Å². The third-order valence-electron chi connectivity index (χ3n) is 8.55. The molecule has 0 aliphatic heterocycles. The van der Waals surface area contributed by atoms with Gasteiger partial charge in [0, 0.05) is 33.7 Å². The van der Waals surface area contributed by atoms with Crippen molar-refractivity contribution < 1.29 is 0 Å². The average Bonchev–Trinajstić information content (AvgIpc) is 3.60. The minimum absolute atomic E-state index is 0.889. The van der Waals surface area contributed by atoms with Crippen LogP contribution in [0.3, 0.4) is 0 Å². The van der Waals surface area contributed by atoms with Crippen LogP contribution in [0.2, 0.25) is 0 Å². The van der Waals surface area contributed by atoms with Crippen LogP contribution < -0.4 is 0 Å². The smallest absolute Gasteiger partial charge is 0.149 e.